The first kappa shape index (κ1) is 16.0. The maximum absolute atomic E-state index is 10.7. The third kappa shape index (κ3) is 9.69. The van der Waals surface area contributed by atoms with E-state index in [0.717, 1.165) is 0 Å². The Morgan fingerprint density at radius 2 is 1.07 bits per heavy atom. The molecule has 0 radical (unpaired) electrons. The van der Waals surface area contributed by atoms with Crippen LogP contribution >= 0.6 is 34.8 Å². The Morgan fingerprint density at radius 3 is 1.07 bits per heavy atom. The molecule has 0 bridgehead atoms. The number of rotatable bonds is 0. The average molecular weight is 275 g/mol. The van der Waals surface area contributed by atoms with E-state index in [2.05, 4.69) is 11.5 Å². The van der Waals surface area contributed by atoms with Crippen LogP contribution in [0.25, 0.3) is 0 Å². The summed E-state index contributed by atoms with van der Waals surface area (Å²) in [6.07, 6.45) is -4.86. The van der Waals surface area contributed by atoms with E-state index in [4.69, 9.17) is 39.6 Å². The number of primary amides is 2. The van der Waals surface area contributed by atoms with Crippen LogP contribution < -0.4 is 11.5 Å². The van der Waals surface area contributed by atoms with Crippen LogP contribution in [-0.4, -0.2) is 21.8 Å². The molecule has 2 amide bonds. The van der Waals surface area contributed by atoms with Crippen molar-refractivity contribution in [1.29, 1.82) is 0 Å². The standard InChI is InChI=1S/C2H2Cl3NO.C2H2F3NO/c2*3-2(4,5)1(6)7/h2*(H2,6,7). The van der Waals surface area contributed by atoms with Crippen LogP contribution in [0, 0.1) is 0 Å². The summed E-state index contributed by atoms with van der Waals surface area (Å²) >= 11 is 14.8. The van der Waals surface area contributed by atoms with Gasteiger partial charge in [-0.05, 0) is 0 Å². The molecular weight excluding hydrogens is 271 g/mol. The first-order chi connectivity index (χ1) is 5.89. The summed E-state index contributed by atoms with van der Waals surface area (Å²) in [6, 6.07) is 0. The second-order valence-corrected chi connectivity index (χ2v) is 4.01. The van der Waals surface area contributed by atoms with Gasteiger partial charge >= 0.3 is 12.1 Å². The molecule has 4 N–H and O–H groups in total. The van der Waals surface area contributed by atoms with Gasteiger partial charge < -0.3 is 11.5 Å². The van der Waals surface area contributed by atoms with Crippen LogP contribution in [0.5, 0.6) is 0 Å². The highest BCUT2D eigenvalue weighted by Crippen LogP contribution is 2.24. The van der Waals surface area contributed by atoms with Crippen LogP contribution in [-0.2, 0) is 9.59 Å². The van der Waals surface area contributed by atoms with Crippen molar-refractivity contribution < 1.29 is 22.8 Å². The lowest BCUT2D eigenvalue weighted by molar-refractivity contribution is -0.169. The van der Waals surface area contributed by atoms with Gasteiger partial charge in [-0.2, -0.15) is 13.2 Å². The summed E-state index contributed by atoms with van der Waals surface area (Å²) in [7, 11) is 0. The Balaban J connectivity index is 0. The van der Waals surface area contributed by atoms with Crippen LogP contribution in [0.1, 0.15) is 0 Å². The topological polar surface area (TPSA) is 86.2 Å². The van der Waals surface area contributed by atoms with Crippen LogP contribution in [0.4, 0.5) is 13.2 Å². The molecule has 0 saturated carbocycles. The first-order valence-corrected chi connectivity index (χ1v) is 3.75. The SMILES string of the molecule is NC(=O)C(Cl)(Cl)Cl.NC(=O)C(F)(F)F. The molecule has 0 unspecified atom stereocenters. The molecule has 0 aromatic rings. The number of alkyl halides is 6. The van der Waals surface area contributed by atoms with E-state index < -0.39 is 21.8 Å². The van der Waals surface area contributed by atoms with Gasteiger partial charge in [0.05, 0.1) is 0 Å². The lowest BCUT2D eigenvalue weighted by atomic mass is 10.6. The molecule has 0 spiro atoms. The van der Waals surface area contributed by atoms with Gasteiger partial charge in [-0.1, -0.05) is 34.8 Å². The third-order valence-electron chi connectivity index (χ3n) is 0.559. The van der Waals surface area contributed by atoms with E-state index in [1.807, 2.05) is 0 Å². The maximum Gasteiger partial charge on any atom is 0.470 e. The summed E-state index contributed by atoms with van der Waals surface area (Å²) in [5.41, 5.74) is 8.34. The molecule has 0 aromatic carbocycles. The smallest absolute Gasteiger partial charge is 0.366 e. The maximum atomic E-state index is 10.7. The number of carbonyl (C=O) groups is 2. The van der Waals surface area contributed by atoms with Gasteiger partial charge in [0, 0.05) is 0 Å². The van der Waals surface area contributed by atoms with Crippen molar-refractivity contribution in [1.82, 2.24) is 0 Å². The molecule has 0 atom stereocenters. The highest BCUT2D eigenvalue weighted by Gasteiger charge is 2.35. The van der Waals surface area contributed by atoms with E-state index in [-0.39, 0.29) is 0 Å². The van der Waals surface area contributed by atoms with E-state index in [1.54, 1.807) is 0 Å². The van der Waals surface area contributed by atoms with E-state index in [9.17, 15) is 18.0 Å². The number of nitrogens with two attached hydrogens (primary N) is 2. The molecule has 0 aliphatic rings. The second kappa shape index (κ2) is 5.47. The van der Waals surface area contributed by atoms with Gasteiger partial charge in [0.2, 0.25) is 0 Å². The molecule has 0 heterocycles. The normalized spacial score (nSPS) is 11.3. The monoisotopic (exact) mass is 274 g/mol. The molecule has 0 saturated heterocycles. The largest absolute Gasteiger partial charge is 0.470 e. The second-order valence-electron chi connectivity index (χ2n) is 1.72. The zero-order valence-corrected chi connectivity index (χ0v) is 8.51. The van der Waals surface area contributed by atoms with Gasteiger partial charge in [0.1, 0.15) is 0 Å². The minimum atomic E-state index is -4.86. The fourth-order valence-electron chi connectivity index (χ4n) is 0. The number of hydrogen-bond donors (Lipinski definition) is 2. The van der Waals surface area contributed by atoms with Crippen molar-refractivity contribution >= 4 is 46.6 Å². The molecule has 0 fully saturated rings. The number of amides is 2. The van der Waals surface area contributed by atoms with E-state index in [1.165, 1.54) is 0 Å². The van der Waals surface area contributed by atoms with Gasteiger partial charge in [0.15, 0.2) is 0 Å². The van der Waals surface area contributed by atoms with Crippen molar-refractivity contribution in [2.75, 3.05) is 0 Å². The minimum absolute atomic E-state index is 0.961. The van der Waals surface area contributed by atoms with Gasteiger partial charge in [-0.3, -0.25) is 9.59 Å². The summed E-state index contributed by atoms with van der Waals surface area (Å²) in [5, 5.41) is 0. The van der Waals surface area contributed by atoms with Crippen molar-refractivity contribution in [3.05, 3.63) is 0 Å². The van der Waals surface area contributed by atoms with E-state index >= 15 is 0 Å². The van der Waals surface area contributed by atoms with Crippen LogP contribution in [0.2, 0.25) is 0 Å². The molecule has 0 rings (SSSR count). The summed E-state index contributed by atoms with van der Waals surface area (Å²) in [5.74, 6) is -3.22. The average Bonchev–Trinajstić information content (AvgIpc) is 1.83. The predicted molar refractivity (Wildman–Crippen MR) is 44.7 cm³/mol. The number of halogens is 6. The van der Waals surface area contributed by atoms with Gasteiger partial charge in [-0.25, -0.2) is 0 Å². The summed E-state index contributed by atoms with van der Waals surface area (Å²) < 4.78 is 30.2. The third-order valence-corrected chi connectivity index (χ3v) is 1.12. The molecule has 10 heteroatoms. The lowest BCUT2D eigenvalue weighted by Gasteiger charge is -2.01. The van der Waals surface area contributed by atoms with Crippen LogP contribution in [0.15, 0.2) is 0 Å². The molecule has 4 nitrogen and oxygen atoms in total. The lowest BCUT2D eigenvalue weighted by Crippen LogP contribution is -2.30. The Morgan fingerprint density at radius 1 is 0.929 bits per heavy atom. The summed E-state index contributed by atoms with van der Waals surface area (Å²) in [4.78, 5) is 19.0. The number of hydrogen-bond acceptors (Lipinski definition) is 2. The van der Waals surface area contributed by atoms with Gasteiger partial charge in [-0.15, -0.1) is 0 Å². The zero-order chi connectivity index (χ0) is 12.2. The zero-order valence-electron chi connectivity index (χ0n) is 6.24. The molecule has 0 aliphatic carbocycles. The van der Waals surface area contributed by atoms with Gasteiger partial charge in [0.25, 0.3) is 9.70 Å². The fourth-order valence-corrected chi connectivity index (χ4v) is 0. The Hall–Kier alpha value is -0.400. The quantitative estimate of drug-likeness (QED) is 0.643. The van der Waals surface area contributed by atoms with Crippen molar-refractivity contribution in [3.8, 4) is 0 Å². The predicted octanol–water partition coefficient (Wildman–Crippen LogP) is 0.876. The van der Waals surface area contributed by atoms with Crippen LogP contribution in [0.3, 0.4) is 0 Å². The molecule has 0 aliphatic heterocycles. The Bertz CT molecular complexity index is 201. The van der Waals surface area contributed by atoms with E-state index in [0.29, 0.717) is 0 Å². The minimum Gasteiger partial charge on any atom is -0.366 e. The summed E-state index contributed by atoms with van der Waals surface area (Å²) in [6.45, 7) is 0. The molecule has 14 heavy (non-hydrogen) atoms. The Labute approximate surface area is 91.2 Å². The fraction of sp³-hybridized carbons (Fsp3) is 0.500. The first-order valence-electron chi connectivity index (χ1n) is 2.62. The number of carbonyl (C=O) groups excluding carboxylic acids is 2. The highest BCUT2D eigenvalue weighted by molar-refractivity contribution is 6.76. The van der Waals surface area contributed by atoms with Crippen molar-refractivity contribution in [2.24, 2.45) is 11.5 Å². The molecule has 0 aromatic heterocycles. The van der Waals surface area contributed by atoms with Crippen molar-refractivity contribution in [2.45, 2.75) is 9.97 Å². The molecular formula is C4H4Cl3F3N2O2. The highest BCUT2D eigenvalue weighted by atomic mass is 35.6. The van der Waals surface area contributed by atoms with Crippen molar-refractivity contribution in [3.63, 3.8) is 0 Å². The Kier molecular flexibility index (Phi) is 6.27. The molecule has 84 valence electrons.